The Hall–Kier alpha value is -1.01. The molecule has 0 aromatic carbocycles. The number of alkyl halides is 1. The van der Waals surface area contributed by atoms with E-state index in [1.54, 1.807) is 0 Å². The second-order valence-electron chi connectivity index (χ2n) is 4.41. The van der Waals surface area contributed by atoms with Gasteiger partial charge in [0.25, 0.3) is 0 Å². The predicted molar refractivity (Wildman–Crippen MR) is 63.3 cm³/mol. The lowest BCUT2D eigenvalue weighted by Crippen LogP contribution is -2.08. The second kappa shape index (κ2) is 5.36. The summed E-state index contributed by atoms with van der Waals surface area (Å²) in [5.74, 6) is 0.265. The summed E-state index contributed by atoms with van der Waals surface area (Å²) >= 11 is 5.69. The molecule has 1 aliphatic carbocycles. The van der Waals surface area contributed by atoms with Crippen molar-refractivity contribution in [1.82, 2.24) is 9.78 Å². The zero-order valence-electron chi connectivity index (χ0n) is 9.27. The average molecular weight is 238 g/mol. The molecule has 86 valence electrons. The Morgan fingerprint density at radius 3 is 2.94 bits per heavy atom. The number of hydrogen-bond donors (Lipinski definition) is 0. The number of aromatic nitrogens is 2. The quantitative estimate of drug-likeness (QED) is 0.756. The molecule has 16 heavy (non-hydrogen) atoms. The van der Waals surface area contributed by atoms with Gasteiger partial charge in [-0.1, -0.05) is 12.8 Å². The highest BCUT2D eigenvalue weighted by atomic mass is 35.5. The van der Waals surface area contributed by atoms with Crippen LogP contribution >= 0.6 is 11.6 Å². The van der Waals surface area contributed by atoms with E-state index >= 15 is 0 Å². The van der Waals surface area contributed by atoms with Crippen molar-refractivity contribution in [3.05, 3.63) is 18.0 Å². The number of nitrogens with zero attached hydrogens (tertiary/aromatic N) is 3. The average Bonchev–Trinajstić information content (AvgIpc) is 2.96. The first kappa shape index (κ1) is 11.5. The molecule has 1 fully saturated rings. The Balaban J connectivity index is 1.99. The van der Waals surface area contributed by atoms with Gasteiger partial charge in [-0.2, -0.15) is 10.4 Å². The number of rotatable bonds is 4. The van der Waals surface area contributed by atoms with Crippen LogP contribution in [0.3, 0.4) is 0 Å². The van der Waals surface area contributed by atoms with Crippen LogP contribution in [0.1, 0.15) is 37.4 Å². The van der Waals surface area contributed by atoms with Crippen LogP contribution in [0.15, 0.2) is 12.3 Å². The maximum atomic E-state index is 8.84. The minimum atomic E-state index is -0.117. The van der Waals surface area contributed by atoms with Crippen molar-refractivity contribution in [1.29, 1.82) is 5.26 Å². The zero-order valence-corrected chi connectivity index (χ0v) is 10.0. The fraction of sp³-hybridized carbons (Fsp3) is 0.667. The van der Waals surface area contributed by atoms with E-state index in [1.165, 1.54) is 25.7 Å². The van der Waals surface area contributed by atoms with Gasteiger partial charge in [-0.25, -0.2) is 0 Å². The van der Waals surface area contributed by atoms with Crippen molar-refractivity contribution >= 4 is 11.6 Å². The standard InChI is InChI=1S/C12H16ClN3/c13-8-10(9-14)7-11-5-6-16(15-11)12-3-1-2-4-12/h5-6,10,12H,1-4,7-8H2. The predicted octanol–water partition coefficient (Wildman–Crippen LogP) is 2.92. The normalized spacial score (nSPS) is 18.5. The second-order valence-corrected chi connectivity index (χ2v) is 4.72. The molecular weight excluding hydrogens is 222 g/mol. The Morgan fingerprint density at radius 2 is 2.31 bits per heavy atom. The summed E-state index contributed by atoms with van der Waals surface area (Å²) in [6.45, 7) is 0. The van der Waals surface area contributed by atoms with Gasteiger partial charge in [0.1, 0.15) is 0 Å². The first-order valence-electron chi connectivity index (χ1n) is 5.83. The molecule has 0 aliphatic heterocycles. The fourth-order valence-electron chi connectivity index (χ4n) is 2.25. The summed E-state index contributed by atoms with van der Waals surface area (Å²) in [4.78, 5) is 0. The first-order valence-corrected chi connectivity index (χ1v) is 6.36. The maximum Gasteiger partial charge on any atom is 0.0672 e. The van der Waals surface area contributed by atoms with E-state index in [4.69, 9.17) is 16.9 Å². The van der Waals surface area contributed by atoms with Crippen molar-refractivity contribution in [2.75, 3.05) is 5.88 Å². The van der Waals surface area contributed by atoms with E-state index in [9.17, 15) is 0 Å². The topological polar surface area (TPSA) is 41.6 Å². The van der Waals surface area contributed by atoms with Crippen LogP contribution < -0.4 is 0 Å². The molecule has 1 aromatic rings. The lowest BCUT2D eigenvalue weighted by atomic mass is 10.1. The molecular formula is C12H16ClN3. The van der Waals surface area contributed by atoms with E-state index in [2.05, 4.69) is 15.8 Å². The minimum Gasteiger partial charge on any atom is -0.269 e. The van der Waals surface area contributed by atoms with Gasteiger partial charge in [0, 0.05) is 18.5 Å². The molecule has 0 N–H and O–H groups in total. The number of hydrogen-bond acceptors (Lipinski definition) is 2. The Bertz CT molecular complexity index is 374. The van der Waals surface area contributed by atoms with Crippen molar-refractivity contribution in [2.24, 2.45) is 5.92 Å². The highest BCUT2D eigenvalue weighted by Gasteiger charge is 2.18. The number of nitriles is 1. The van der Waals surface area contributed by atoms with E-state index in [0.29, 0.717) is 18.3 Å². The van der Waals surface area contributed by atoms with Crippen molar-refractivity contribution < 1.29 is 0 Å². The molecule has 2 rings (SSSR count). The van der Waals surface area contributed by atoms with Crippen molar-refractivity contribution in [3.8, 4) is 6.07 Å². The summed E-state index contributed by atoms with van der Waals surface area (Å²) < 4.78 is 2.06. The van der Waals surface area contributed by atoms with Crippen LogP contribution in [0.4, 0.5) is 0 Å². The smallest absolute Gasteiger partial charge is 0.0672 e. The van der Waals surface area contributed by atoms with E-state index in [-0.39, 0.29) is 5.92 Å². The molecule has 1 saturated carbocycles. The van der Waals surface area contributed by atoms with Gasteiger partial charge in [0.05, 0.1) is 23.7 Å². The van der Waals surface area contributed by atoms with Gasteiger partial charge in [0.2, 0.25) is 0 Å². The summed E-state index contributed by atoms with van der Waals surface area (Å²) in [7, 11) is 0. The maximum absolute atomic E-state index is 8.84. The lowest BCUT2D eigenvalue weighted by Gasteiger charge is -2.09. The molecule has 1 aromatic heterocycles. The Morgan fingerprint density at radius 1 is 1.56 bits per heavy atom. The number of halogens is 1. The third-order valence-corrected chi connectivity index (χ3v) is 3.56. The van der Waals surface area contributed by atoms with Crippen LogP contribution in [-0.2, 0) is 6.42 Å². The molecule has 0 amide bonds. The summed E-state index contributed by atoms with van der Waals surface area (Å²) in [5, 5.41) is 13.4. The van der Waals surface area contributed by atoms with Crippen LogP contribution in [-0.4, -0.2) is 15.7 Å². The van der Waals surface area contributed by atoms with E-state index in [1.807, 2.05) is 12.3 Å². The molecule has 1 atom stereocenters. The first-order chi connectivity index (χ1) is 7.83. The summed E-state index contributed by atoms with van der Waals surface area (Å²) in [6, 6.07) is 4.78. The van der Waals surface area contributed by atoms with Crippen LogP contribution in [0, 0.1) is 17.2 Å². The largest absolute Gasteiger partial charge is 0.269 e. The molecule has 4 heteroatoms. The van der Waals surface area contributed by atoms with Crippen LogP contribution in [0.5, 0.6) is 0 Å². The Kier molecular flexibility index (Phi) is 3.84. The van der Waals surface area contributed by atoms with Gasteiger partial charge in [-0.3, -0.25) is 4.68 Å². The molecule has 3 nitrogen and oxygen atoms in total. The van der Waals surface area contributed by atoms with Gasteiger partial charge < -0.3 is 0 Å². The molecule has 0 saturated heterocycles. The molecule has 1 heterocycles. The van der Waals surface area contributed by atoms with Crippen LogP contribution in [0.2, 0.25) is 0 Å². The summed E-state index contributed by atoms with van der Waals surface area (Å²) in [6.07, 6.45) is 7.79. The highest BCUT2D eigenvalue weighted by Crippen LogP contribution is 2.28. The van der Waals surface area contributed by atoms with Crippen LogP contribution in [0.25, 0.3) is 0 Å². The minimum absolute atomic E-state index is 0.117. The zero-order chi connectivity index (χ0) is 11.4. The highest BCUT2D eigenvalue weighted by molar-refractivity contribution is 6.18. The van der Waals surface area contributed by atoms with Gasteiger partial charge in [0.15, 0.2) is 0 Å². The lowest BCUT2D eigenvalue weighted by molar-refractivity contribution is 0.461. The summed E-state index contributed by atoms with van der Waals surface area (Å²) in [5.41, 5.74) is 0.985. The van der Waals surface area contributed by atoms with E-state index in [0.717, 1.165) is 5.69 Å². The molecule has 0 spiro atoms. The van der Waals surface area contributed by atoms with Gasteiger partial charge in [-0.15, -0.1) is 11.6 Å². The molecule has 1 aliphatic rings. The monoisotopic (exact) mass is 237 g/mol. The molecule has 0 radical (unpaired) electrons. The Labute approximate surface area is 101 Å². The van der Waals surface area contributed by atoms with E-state index < -0.39 is 0 Å². The van der Waals surface area contributed by atoms with Gasteiger partial charge in [-0.05, 0) is 18.9 Å². The SMILES string of the molecule is N#CC(CCl)Cc1ccn(C2CCCC2)n1. The molecule has 1 unspecified atom stereocenters. The van der Waals surface area contributed by atoms with Crippen molar-refractivity contribution in [2.45, 2.75) is 38.1 Å². The molecule has 0 bridgehead atoms. The third kappa shape index (κ3) is 2.56. The van der Waals surface area contributed by atoms with Crippen molar-refractivity contribution in [3.63, 3.8) is 0 Å². The third-order valence-electron chi connectivity index (χ3n) is 3.19. The fourth-order valence-corrected chi connectivity index (χ4v) is 2.42. The van der Waals surface area contributed by atoms with Gasteiger partial charge >= 0.3 is 0 Å².